The first kappa shape index (κ1) is 16.7. The molecule has 1 aromatic heterocycles. The molecule has 2 aromatic rings. The second kappa shape index (κ2) is 7.18. The van der Waals surface area contributed by atoms with Crippen LogP contribution < -0.4 is 5.32 Å². The van der Waals surface area contributed by atoms with Crippen LogP contribution in [0, 0.1) is 0 Å². The molecular weight excluding hydrogens is 320 g/mol. The number of rotatable bonds is 5. The summed E-state index contributed by atoms with van der Waals surface area (Å²) in [5.41, 5.74) is 3.22. The molecule has 24 heavy (non-hydrogen) atoms. The number of thiophene rings is 1. The summed E-state index contributed by atoms with van der Waals surface area (Å²) in [6, 6.07) is 9.74. The van der Waals surface area contributed by atoms with E-state index in [4.69, 9.17) is 0 Å². The van der Waals surface area contributed by atoms with Gasteiger partial charge in [0.2, 0.25) is 5.91 Å². The average molecular weight is 342 g/mol. The van der Waals surface area contributed by atoms with Crippen molar-refractivity contribution in [3.8, 4) is 0 Å². The predicted molar refractivity (Wildman–Crippen MR) is 97.8 cm³/mol. The van der Waals surface area contributed by atoms with E-state index < -0.39 is 0 Å². The van der Waals surface area contributed by atoms with Crippen LogP contribution in [-0.4, -0.2) is 30.3 Å². The van der Waals surface area contributed by atoms with Crippen molar-refractivity contribution in [2.45, 2.75) is 32.6 Å². The summed E-state index contributed by atoms with van der Waals surface area (Å²) in [5, 5.41) is 2.91. The Kier molecular flexibility index (Phi) is 5.00. The lowest BCUT2D eigenvalue weighted by Gasteiger charge is -2.17. The SMILES string of the molecule is CCc1ccccc1NC(=O)CN(C)C(=O)c1cc2c(s1)CCC2. The highest BCUT2D eigenvalue weighted by Crippen LogP contribution is 2.31. The molecule has 3 rings (SSSR count). The van der Waals surface area contributed by atoms with E-state index in [1.165, 1.54) is 21.8 Å². The lowest BCUT2D eigenvalue weighted by Crippen LogP contribution is -2.34. The lowest BCUT2D eigenvalue weighted by atomic mass is 10.1. The molecule has 0 radical (unpaired) electrons. The van der Waals surface area contributed by atoms with E-state index in [0.717, 1.165) is 35.4 Å². The van der Waals surface area contributed by atoms with Gasteiger partial charge in [0.1, 0.15) is 0 Å². The molecule has 0 spiro atoms. The Morgan fingerprint density at radius 1 is 1.25 bits per heavy atom. The van der Waals surface area contributed by atoms with Gasteiger partial charge in [0.15, 0.2) is 0 Å². The molecule has 1 aliphatic rings. The molecule has 1 aromatic carbocycles. The minimum atomic E-state index is -0.171. The van der Waals surface area contributed by atoms with Crippen LogP contribution in [-0.2, 0) is 24.1 Å². The van der Waals surface area contributed by atoms with Crippen LogP contribution >= 0.6 is 11.3 Å². The molecule has 126 valence electrons. The topological polar surface area (TPSA) is 49.4 Å². The Morgan fingerprint density at radius 3 is 2.79 bits per heavy atom. The van der Waals surface area contributed by atoms with Crippen molar-refractivity contribution in [3.05, 3.63) is 51.2 Å². The van der Waals surface area contributed by atoms with Crippen LogP contribution in [0.1, 0.15) is 39.0 Å². The number of carbonyl (C=O) groups excluding carboxylic acids is 2. The number of hydrogen-bond donors (Lipinski definition) is 1. The molecule has 0 unspecified atom stereocenters. The molecule has 0 fully saturated rings. The summed E-state index contributed by atoms with van der Waals surface area (Å²) in [7, 11) is 1.68. The zero-order valence-corrected chi connectivity index (χ0v) is 14.9. The van der Waals surface area contributed by atoms with Gasteiger partial charge < -0.3 is 10.2 Å². The quantitative estimate of drug-likeness (QED) is 0.904. The van der Waals surface area contributed by atoms with Crippen LogP contribution in [0.4, 0.5) is 5.69 Å². The number of amides is 2. The predicted octanol–water partition coefficient (Wildman–Crippen LogP) is 3.51. The van der Waals surface area contributed by atoms with Gasteiger partial charge in [-0.3, -0.25) is 9.59 Å². The van der Waals surface area contributed by atoms with Crippen molar-refractivity contribution in [2.75, 3.05) is 18.9 Å². The van der Waals surface area contributed by atoms with E-state index in [1.807, 2.05) is 30.3 Å². The van der Waals surface area contributed by atoms with E-state index in [-0.39, 0.29) is 18.4 Å². The fourth-order valence-electron chi connectivity index (χ4n) is 3.05. The fourth-order valence-corrected chi connectivity index (χ4v) is 4.30. The summed E-state index contributed by atoms with van der Waals surface area (Å²) in [5.74, 6) is -0.246. The van der Waals surface area contributed by atoms with Gasteiger partial charge in [-0.1, -0.05) is 25.1 Å². The van der Waals surface area contributed by atoms with Crippen molar-refractivity contribution >= 4 is 28.8 Å². The molecule has 0 saturated heterocycles. The van der Waals surface area contributed by atoms with Crippen molar-refractivity contribution < 1.29 is 9.59 Å². The monoisotopic (exact) mass is 342 g/mol. The Hall–Kier alpha value is -2.14. The highest BCUT2D eigenvalue weighted by atomic mass is 32.1. The van der Waals surface area contributed by atoms with Gasteiger partial charge in [0.25, 0.3) is 5.91 Å². The van der Waals surface area contributed by atoms with Gasteiger partial charge in [-0.2, -0.15) is 0 Å². The van der Waals surface area contributed by atoms with Crippen LogP contribution in [0.3, 0.4) is 0 Å². The second-order valence-corrected chi connectivity index (χ2v) is 7.27. The minimum absolute atomic E-state index is 0.0550. The average Bonchev–Trinajstić information content (AvgIpc) is 3.16. The first-order valence-electron chi connectivity index (χ1n) is 8.33. The third kappa shape index (κ3) is 3.51. The smallest absolute Gasteiger partial charge is 0.264 e. The molecule has 0 aliphatic heterocycles. The largest absolute Gasteiger partial charge is 0.332 e. The fraction of sp³-hybridized carbons (Fsp3) is 0.368. The van der Waals surface area contributed by atoms with Gasteiger partial charge in [-0.05, 0) is 48.9 Å². The van der Waals surface area contributed by atoms with Crippen LogP contribution in [0.15, 0.2) is 30.3 Å². The number of aryl methyl sites for hydroxylation is 3. The maximum Gasteiger partial charge on any atom is 0.264 e. The molecule has 0 atom stereocenters. The van der Waals surface area contributed by atoms with E-state index in [2.05, 4.69) is 12.2 Å². The zero-order valence-electron chi connectivity index (χ0n) is 14.1. The molecule has 1 N–H and O–H groups in total. The number of fused-ring (bicyclic) bond motifs is 1. The summed E-state index contributed by atoms with van der Waals surface area (Å²) in [6.07, 6.45) is 4.18. The zero-order chi connectivity index (χ0) is 17.1. The lowest BCUT2D eigenvalue weighted by molar-refractivity contribution is -0.116. The molecular formula is C19H22N2O2S. The molecule has 4 nitrogen and oxygen atoms in total. The van der Waals surface area contributed by atoms with Gasteiger partial charge in [-0.25, -0.2) is 0 Å². The third-order valence-corrected chi connectivity index (χ3v) is 5.58. The Labute approximate surface area is 146 Å². The summed E-state index contributed by atoms with van der Waals surface area (Å²) in [4.78, 5) is 28.3. The number of para-hydroxylation sites is 1. The molecule has 0 bridgehead atoms. The summed E-state index contributed by atoms with van der Waals surface area (Å²) >= 11 is 1.57. The first-order chi connectivity index (χ1) is 11.6. The summed E-state index contributed by atoms with van der Waals surface area (Å²) < 4.78 is 0. The Morgan fingerprint density at radius 2 is 2.04 bits per heavy atom. The normalized spacial score (nSPS) is 12.8. The highest BCUT2D eigenvalue weighted by Gasteiger charge is 2.21. The summed E-state index contributed by atoms with van der Waals surface area (Å²) in [6.45, 7) is 2.11. The Balaban J connectivity index is 1.62. The van der Waals surface area contributed by atoms with Crippen molar-refractivity contribution in [2.24, 2.45) is 0 Å². The van der Waals surface area contributed by atoms with Crippen LogP contribution in [0.2, 0.25) is 0 Å². The van der Waals surface area contributed by atoms with Gasteiger partial charge in [0, 0.05) is 17.6 Å². The standard InChI is InChI=1S/C19H22N2O2S/c1-3-13-7-4-5-9-15(13)20-18(22)12-21(2)19(23)17-11-14-8-6-10-16(14)24-17/h4-5,7,9,11H,3,6,8,10,12H2,1-2H3,(H,20,22). The number of hydrogen-bond acceptors (Lipinski definition) is 3. The van der Waals surface area contributed by atoms with E-state index in [0.29, 0.717) is 0 Å². The van der Waals surface area contributed by atoms with Crippen molar-refractivity contribution in [1.29, 1.82) is 0 Å². The van der Waals surface area contributed by atoms with Crippen LogP contribution in [0.5, 0.6) is 0 Å². The van der Waals surface area contributed by atoms with Crippen LogP contribution in [0.25, 0.3) is 0 Å². The van der Waals surface area contributed by atoms with Gasteiger partial charge in [-0.15, -0.1) is 11.3 Å². The van der Waals surface area contributed by atoms with E-state index in [1.54, 1.807) is 18.4 Å². The molecule has 2 amide bonds. The number of likely N-dealkylation sites (N-methyl/N-ethyl adjacent to an activating group) is 1. The molecule has 0 saturated carbocycles. The number of carbonyl (C=O) groups is 2. The molecule has 5 heteroatoms. The number of benzene rings is 1. The van der Waals surface area contributed by atoms with E-state index in [9.17, 15) is 9.59 Å². The van der Waals surface area contributed by atoms with Crippen molar-refractivity contribution in [3.63, 3.8) is 0 Å². The van der Waals surface area contributed by atoms with Gasteiger partial charge in [0.05, 0.1) is 11.4 Å². The number of nitrogens with one attached hydrogen (secondary N) is 1. The van der Waals surface area contributed by atoms with Gasteiger partial charge >= 0.3 is 0 Å². The number of anilines is 1. The second-order valence-electron chi connectivity index (χ2n) is 6.13. The first-order valence-corrected chi connectivity index (χ1v) is 9.15. The maximum atomic E-state index is 12.5. The minimum Gasteiger partial charge on any atom is -0.332 e. The van der Waals surface area contributed by atoms with Crippen molar-refractivity contribution in [1.82, 2.24) is 4.90 Å². The Bertz CT molecular complexity index is 745. The molecule has 1 heterocycles. The maximum absolute atomic E-state index is 12.5. The number of nitrogens with zero attached hydrogens (tertiary/aromatic N) is 1. The third-order valence-electron chi connectivity index (χ3n) is 4.36. The highest BCUT2D eigenvalue weighted by molar-refractivity contribution is 7.14. The van der Waals surface area contributed by atoms with E-state index >= 15 is 0 Å². The molecule has 1 aliphatic carbocycles.